The number of nitriles is 1. The molecule has 0 aliphatic carbocycles. The van der Waals surface area contributed by atoms with Crippen molar-refractivity contribution >= 4 is 33.4 Å². The van der Waals surface area contributed by atoms with Crippen molar-refractivity contribution < 1.29 is 14.3 Å². The maximum Gasteiger partial charge on any atom is 0.260 e. The smallest absolute Gasteiger partial charge is 0.260 e. The van der Waals surface area contributed by atoms with E-state index in [9.17, 15) is 4.79 Å². The van der Waals surface area contributed by atoms with E-state index >= 15 is 0 Å². The number of hydrogen-bond donors (Lipinski definition) is 0. The van der Waals surface area contributed by atoms with E-state index in [1.54, 1.807) is 42.3 Å². The molecule has 0 radical (unpaired) electrons. The van der Waals surface area contributed by atoms with E-state index in [-0.39, 0.29) is 12.5 Å². The lowest BCUT2D eigenvalue weighted by molar-refractivity contribution is -0.134. The van der Waals surface area contributed by atoms with E-state index in [1.165, 1.54) is 0 Å². The van der Waals surface area contributed by atoms with E-state index < -0.39 is 0 Å². The topological polar surface area (TPSA) is 62.6 Å². The molecule has 0 aromatic heterocycles. The van der Waals surface area contributed by atoms with Gasteiger partial charge < -0.3 is 14.4 Å². The molecule has 0 bridgehead atoms. The molecule has 5 nitrogen and oxygen atoms in total. The average molecular weight is 438 g/mol. The number of rotatable bonds is 8. The van der Waals surface area contributed by atoms with Crippen molar-refractivity contribution in [2.24, 2.45) is 0 Å². The highest BCUT2D eigenvalue weighted by molar-refractivity contribution is 9.10. The summed E-state index contributed by atoms with van der Waals surface area (Å²) in [7, 11) is 1.59. The van der Waals surface area contributed by atoms with Crippen molar-refractivity contribution in [2.75, 3.05) is 26.9 Å². The summed E-state index contributed by atoms with van der Waals surface area (Å²) >= 11 is 9.43. The number of hydrogen-bond acceptors (Lipinski definition) is 4. The molecule has 2 rings (SSSR count). The SMILES string of the molecule is COCCN(Cc1ccc(C#N)cc1)C(=O)COc1ccc(Br)cc1Cl. The molecule has 0 saturated carbocycles. The molecule has 0 fully saturated rings. The Bertz CT molecular complexity index is 790. The quantitative estimate of drug-likeness (QED) is 0.625. The van der Waals surface area contributed by atoms with Gasteiger partial charge in [-0.1, -0.05) is 39.7 Å². The van der Waals surface area contributed by atoms with Crippen LogP contribution in [0.5, 0.6) is 5.75 Å². The Labute approximate surface area is 166 Å². The fourth-order valence-corrected chi connectivity index (χ4v) is 2.95. The molecule has 0 aliphatic rings. The molecule has 7 heteroatoms. The lowest BCUT2D eigenvalue weighted by Gasteiger charge is -2.23. The molecule has 1 amide bonds. The standard InChI is InChI=1S/C19H18BrClN2O3/c1-25-9-8-23(12-15-4-2-14(11-22)3-5-15)19(24)13-26-18-7-6-16(20)10-17(18)21/h2-7,10H,8-9,12-13H2,1H3. The number of methoxy groups -OCH3 is 1. The summed E-state index contributed by atoms with van der Waals surface area (Å²) in [5.41, 5.74) is 1.51. The molecule has 2 aromatic rings. The zero-order valence-corrected chi connectivity index (χ0v) is 16.6. The lowest BCUT2D eigenvalue weighted by atomic mass is 10.1. The predicted octanol–water partition coefficient (Wildman–Crippen LogP) is 4.03. The largest absolute Gasteiger partial charge is 0.482 e. The Kier molecular flexibility index (Phi) is 7.92. The summed E-state index contributed by atoms with van der Waals surface area (Å²) in [5, 5.41) is 9.30. The van der Waals surface area contributed by atoms with Crippen LogP contribution in [0.4, 0.5) is 0 Å². The van der Waals surface area contributed by atoms with Crippen molar-refractivity contribution in [3.63, 3.8) is 0 Å². The van der Waals surface area contributed by atoms with Gasteiger partial charge in [-0.25, -0.2) is 0 Å². The Balaban J connectivity index is 2.02. The first-order chi connectivity index (χ1) is 12.5. The Morgan fingerprint density at radius 1 is 1.27 bits per heavy atom. The summed E-state index contributed by atoms with van der Waals surface area (Å²) in [6.07, 6.45) is 0. The number of carbonyl (C=O) groups is 1. The first-order valence-corrected chi connectivity index (χ1v) is 9.04. The summed E-state index contributed by atoms with van der Waals surface area (Å²) in [4.78, 5) is 14.2. The number of benzene rings is 2. The second-order valence-electron chi connectivity index (χ2n) is 5.48. The van der Waals surface area contributed by atoms with Crippen LogP contribution in [-0.2, 0) is 16.1 Å². The third kappa shape index (κ3) is 6.03. The van der Waals surface area contributed by atoms with Gasteiger partial charge in [-0.05, 0) is 35.9 Å². The van der Waals surface area contributed by atoms with Gasteiger partial charge in [0.05, 0.1) is 23.3 Å². The fourth-order valence-electron chi connectivity index (χ4n) is 2.22. The first-order valence-electron chi connectivity index (χ1n) is 7.87. The molecule has 0 heterocycles. The molecule has 26 heavy (non-hydrogen) atoms. The van der Waals surface area contributed by atoms with Crippen LogP contribution in [0.3, 0.4) is 0 Å². The van der Waals surface area contributed by atoms with Crippen molar-refractivity contribution in [3.8, 4) is 11.8 Å². The minimum Gasteiger partial charge on any atom is -0.482 e. The van der Waals surface area contributed by atoms with E-state index in [2.05, 4.69) is 22.0 Å². The van der Waals surface area contributed by atoms with Crippen LogP contribution in [0.2, 0.25) is 5.02 Å². The Morgan fingerprint density at radius 2 is 2.00 bits per heavy atom. The van der Waals surface area contributed by atoms with Gasteiger partial charge in [0, 0.05) is 24.7 Å². The van der Waals surface area contributed by atoms with Gasteiger partial charge in [0.2, 0.25) is 0 Å². The van der Waals surface area contributed by atoms with Crippen LogP contribution in [0.25, 0.3) is 0 Å². The van der Waals surface area contributed by atoms with Gasteiger partial charge >= 0.3 is 0 Å². The molecule has 136 valence electrons. The molecular formula is C19H18BrClN2O3. The second-order valence-corrected chi connectivity index (χ2v) is 6.80. The van der Waals surface area contributed by atoms with Gasteiger partial charge in [-0.15, -0.1) is 0 Å². The summed E-state index contributed by atoms with van der Waals surface area (Å²) in [6.45, 7) is 1.14. The third-order valence-electron chi connectivity index (χ3n) is 3.62. The van der Waals surface area contributed by atoms with Gasteiger partial charge in [0.25, 0.3) is 5.91 Å². The summed E-state index contributed by atoms with van der Waals surface area (Å²) in [5.74, 6) is 0.277. The van der Waals surface area contributed by atoms with Crippen LogP contribution in [0, 0.1) is 11.3 Å². The zero-order valence-electron chi connectivity index (χ0n) is 14.2. The highest BCUT2D eigenvalue weighted by Crippen LogP contribution is 2.27. The van der Waals surface area contributed by atoms with Crippen molar-refractivity contribution in [3.05, 3.63) is 63.1 Å². The fraction of sp³-hybridized carbons (Fsp3) is 0.263. The van der Waals surface area contributed by atoms with E-state index in [0.717, 1.165) is 10.0 Å². The molecule has 0 unspecified atom stereocenters. The molecule has 0 N–H and O–H groups in total. The van der Waals surface area contributed by atoms with Gasteiger partial charge in [-0.3, -0.25) is 4.79 Å². The maximum absolute atomic E-state index is 12.6. The second kappa shape index (κ2) is 10.2. The first kappa shape index (κ1) is 20.2. The molecule has 2 aromatic carbocycles. The molecule has 0 aliphatic heterocycles. The van der Waals surface area contributed by atoms with Crippen LogP contribution in [0.1, 0.15) is 11.1 Å². The maximum atomic E-state index is 12.6. The normalized spacial score (nSPS) is 10.2. The highest BCUT2D eigenvalue weighted by Gasteiger charge is 2.15. The average Bonchev–Trinajstić information content (AvgIpc) is 2.64. The summed E-state index contributed by atoms with van der Waals surface area (Å²) < 4.78 is 11.5. The zero-order chi connectivity index (χ0) is 18.9. The van der Waals surface area contributed by atoms with Crippen molar-refractivity contribution in [1.29, 1.82) is 5.26 Å². The van der Waals surface area contributed by atoms with Crippen LogP contribution < -0.4 is 4.74 Å². The van der Waals surface area contributed by atoms with Crippen LogP contribution in [0.15, 0.2) is 46.9 Å². The van der Waals surface area contributed by atoms with Crippen molar-refractivity contribution in [2.45, 2.75) is 6.54 Å². The van der Waals surface area contributed by atoms with Gasteiger partial charge in [0.15, 0.2) is 6.61 Å². The van der Waals surface area contributed by atoms with Crippen LogP contribution >= 0.6 is 27.5 Å². The Hall–Kier alpha value is -2.07. The molecule has 0 saturated heterocycles. The van der Waals surface area contributed by atoms with E-state index in [0.29, 0.717) is 36.0 Å². The van der Waals surface area contributed by atoms with Gasteiger partial charge in [0.1, 0.15) is 5.75 Å². The molecular weight excluding hydrogens is 420 g/mol. The molecule has 0 atom stereocenters. The minimum absolute atomic E-state index is 0.124. The van der Waals surface area contributed by atoms with Gasteiger partial charge in [-0.2, -0.15) is 5.26 Å². The Morgan fingerprint density at radius 3 is 2.62 bits per heavy atom. The van der Waals surface area contributed by atoms with E-state index in [4.69, 9.17) is 26.3 Å². The van der Waals surface area contributed by atoms with Crippen LogP contribution in [-0.4, -0.2) is 37.7 Å². The number of amides is 1. The van der Waals surface area contributed by atoms with E-state index in [1.807, 2.05) is 12.1 Å². The molecule has 0 spiro atoms. The lowest BCUT2D eigenvalue weighted by Crippen LogP contribution is -2.36. The minimum atomic E-state index is -0.176. The number of nitrogens with zero attached hydrogens (tertiary/aromatic N) is 2. The monoisotopic (exact) mass is 436 g/mol. The predicted molar refractivity (Wildman–Crippen MR) is 103 cm³/mol. The number of halogens is 2. The summed E-state index contributed by atoms with van der Waals surface area (Å²) in [6, 6.07) is 14.4. The number of ether oxygens (including phenoxy) is 2. The third-order valence-corrected chi connectivity index (χ3v) is 4.41. The highest BCUT2D eigenvalue weighted by atomic mass is 79.9. The number of carbonyl (C=O) groups excluding carboxylic acids is 1. The van der Waals surface area contributed by atoms with Crippen molar-refractivity contribution in [1.82, 2.24) is 4.90 Å².